The summed E-state index contributed by atoms with van der Waals surface area (Å²) in [6.45, 7) is 7.31. The highest BCUT2D eigenvalue weighted by Gasteiger charge is 2.09. The maximum absolute atomic E-state index is 5.90. The third kappa shape index (κ3) is 5.09. The van der Waals surface area contributed by atoms with Gasteiger partial charge < -0.3 is 10.5 Å². The van der Waals surface area contributed by atoms with Gasteiger partial charge in [0.25, 0.3) is 0 Å². The molecule has 1 aromatic carbocycles. The molecule has 0 amide bonds. The normalized spacial score (nSPS) is 14.2. The molecule has 0 heterocycles. The van der Waals surface area contributed by atoms with Gasteiger partial charge in [-0.3, -0.25) is 0 Å². The molecule has 1 aromatic rings. The lowest BCUT2D eigenvalue weighted by molar-refractivity contribution is 0.299. The lowest BCUT2D eigenvalue weighted by Gasteiger charge is -2.15. The molecule has 0 radical (unpaired) electrons. The maximum Gasteiger partial charge on any atom is 0.122 e. The zero-order valence-corrected chi connectivity index (χ0v) is 12.0. The van der Waals surface area contributed by atoms with E-state index in [-0.39, 0.29) is 0 Å². The Morgan fingerprint density at radius 2 is 1.89 bits per heavy atom. The number of hydrogen-bond donors (Lipinski definition) is 1. The van der Waals surface area contributed by atoms with Crippen molar-refractivity contribution in [1.82, 2.24) is 0 Å². The highest BCUT2D eigenvalue weighted by atomic mass is 16.5. The van der Waals surface area contributed by atoms with Crippen molar-refractivity contribution in [2.45, 2.75) is 58.4 Å². The summed E-state index contributed by atoms with van der Waals surface area (Å²) in [4.78, 5) is 0. The van der Waals surface area contributed by atoms with Gasteiger partial charge >= 0.3 is 0 Å². The summed E-state index contributed by atoms with van der Waals surface area (Å²) in [5, 5.41) is 0. The Morgan fingerprint density at radius 1 is 1.17 bits per heavy atom. The fourth-order valence-electron chi connectivity index (χ4n) is 1.99. The van der Waals surface area contributed by atoms with Crippen LogP contribution in [0.15, 0.2) is 24.3 Å². The van der Waals surface area contributed by atoms with Gasteiger partial charge in [-0.25, -0.2) is 0 Å². The highest BCUT2D eigenvalue weighted by molar-refractivity contribution is 5.35. The lowest BCUT2D eigenvalue weighted by atomic mass is 9.98. The molecule has 2 nitrogen and oxygen atoms in total. The van der Waals surface area contributed by atoms with Crippen LogP contribution in [0.5, 0.6) is 5.75 Å². The average Bonchev–Trinajstić information content (AvgIpc) is 2.37. The van der Waals surface area contributed by atoms with Crippen molar-refractivity contribution in [2.75, 3.05) is 6.61 Å². The monoisotopic (exact) mass is 249 g/mol. The first-order chi connectivity index (χ1) is 8.65. The average molecular weight is 249 g/mol. The van der Waals surface area contributed by atoms with E-state index < -0.39 is 0 Å². The molecule has 0 saturated heterocycles. The largest absolute Gasteiger partial charge is 0.493 e. The zero-order chi connectivity index (χ0) is 13.4. The number of nitrogens with two attached hydrogens (primary N) is 1. The van der Waals surface area contributed by atoms with E-state index in [9.17, 15) is 0 Å². The number of para-hydroxylation sites is 1. The van der Waals surface area contributed by atoms with Crippen molar-refractivity contribution in [2.24, 2.45) is 5.73 Å². The van der Waals surface area contributed by atoms with Gasteiger partial charge in [-0.1, -0.05) is 32.0 Å². The van der Waals surface area contributed by atoms with Crippen LogP contribution in [0.25, 0.3) is 0 Å². The van der Waals surface area contributed by atoms with E-state index in [2.05, 4.69) is 39.0 Å². The van der Waals surface area contributed by atoms with Crippen molar-refractivity contribution in [3.63, 3.8) is 0 Å². The fraction of sp³-hybridized carbons (Fsp3) is 0.625. The van der Waals surface area contributed by atoms with Gasteiger partial charge in [-0.15, -0.1) is 0 Å². The summed E-state index contributed by atoms with van der Waals surface area (Å²) in [5.74, 6) is 1.61. The van der Waals surface area contributed by atoms with Crippen LogP contribution in [0.1, 0.15) is 57.9 Å². The molecule has 0 aromatic heterocycles. The lowest BCUT2D eigenvalue weighted by Crippen LogP contribution is -2.14. The molecular weight excluding hydrogens is 222 g/mol. The molecule has 0 aliphatic carbocycles. The summed E-state index contributed by atoms with van der Waals surface area (Å²) in [5.41, 5.74) is 7.05. The maximum atomic E-state index is 5.90. The van der Waals surface area contributed by atoms with Gasteiger partial charge in [-0.05, 0) is 50.2 Å². The van der Waals surface area contributed by atoms with Gasteiger partial charge in [0.2, 0.25) is 0 Å². The van der Waals surface area contributed by atoms with Crippen LogP contribution < -0.4 is 10.5 Å². The molecule has 2 unspecified atom stereocenters. The van der Waals surface area contributed by atoms with Gasteiger partial charge in [-0.2, -0.15) is 0 Å². The van der Waals surface area contributed by atoms with Crippen LogP contribution in [-0.4, -0.2) is 12.6 Å². The van der Waals surface area contributed by atoms with Crippen LogP contribution in [0.3, 0.4) is 0 Å². The minimum absolute atomic E-state index is 0.303. The minimum Gasteiger partial charge on any atom is -0.493 e. The van der Waals surface area contributed by atoms with E-state index in [4.69, 9.17) is 10.5 Å². The second-order valence-electron chi connectivity index (χ2n) is 5.17. The van der Waals surface area contributed by atoms with Gasteiger partial charge in [0.15, 0.2) is 0 Å². The second-order valence-corrected chi connectivity index (χ2v) is 5.17. The summed E-state index contributed by atoms with van der Waals surface area (Å²) in [6.07, 6.45) is 4.45. The van der Waals surface area contributed by atoms with Crippen molar-refractivity contribution >= 4 is 0 Å². The first-order valence-electron chi connectivity index (χ1n) is 7.12. The molecule has 102 valence electrons. The Bertz CT molecular complexity index is 336. The Morgan fingerprint density at radius 3 is 2.56 bits per heavy atom. The smallest absolute Gasteiger partial charge is 0.122 e. The summed E-state index contributed by atoms with van der Waals surface area (Å²) in [6, 6.07) is 8.68. The molecule has 0 fully saturated rings. The van der Waals surface area contributed by atoms with Crippen LogP contribution in [0, 0.1) is 0 Å². The van der Waals surface area contributed by atoms with E-state index in [0.717, 1.165) is 38.0 Å². The first kappa shape index (κ1) is 15.0. The fourth-order valence-corrected chi connectivity index (χ4v) is 1.99. The summed E-state index contributed by atoms with van der Waals surface area (Å²) >= 11 is 0. The third-order valence-corrected chi connectivity index (χ3v) is 3.37. The van der Waals surface area contributed by atoms with Crippen LogP contribution in [0.2, 0.25) is 0 Å². The predicted octanol–water partition coefficient (Wildman–Crippen LogP) is 4.10. The molecular formula is C16H27NO. The van der Waals surface area contributed by atoms with Gasteiger partial charge in [0, 0.05) is 6.04 Å². The first-order valence-corrected chi connectivity index (χ1v) is 7.12. The SMILES string of the molecule is CCC(C)c1ccccc1OCCCCC(C)N. The van der Waals surface area contributed by atoms with Crippen molar-refractivity contribution < 1.29 is 4.74 Å². The van der Waals surface area contributed by atoms with Gasteiger partial charge in [0.05, 0.1) is 6.61 Å². The van der Waals surface area contributed by atoms with Crippen molar-refractivity contribution in [1.29, 1.82) is 0 Å². The van der Waals surface area contributed by atoms with Gasteiger partial charge in [0.1, 0.15) is 5.75 Å². The zero-order valence-electron chi connectivity index (χ0n) is 12.0. The Kier molecular flexibility index (Phi) is 6.81. The number of unbranched alkanes of at least 4 members (excludes halogenated alkanes) is 1. The van der Waals surface area contributed by atoms with Crippen LogP contribution in [0.4, 0.5) is 0 Å². The highest BCUT2D eigenvalue weighted by Crippen LogP contribution is 2.28. The third-order valence-electron chi connectivity index (χ3n) is 3.37. The quantitative estimate of drug-likeness (QED) is 0.704. The molecule has 2 atom stereocenters. The molecule has 2 N–H and O–H groups in total. The van der Waals surface area contributed by atoms with E-state index in [1.807, 2.05) is 6.07 Å². The van der Waals surface area contributed by atoms with Crippen LogP contribution in [-0.2, 0) is 0 Å². The molecule has 0 spiro atoms. The molecule has 1 rings (SSSR count). The van der Waals surface area contributed by atoms with Crippen molar-refractivity contribution in [3.05, 3.63) is 29.8 Å². The number of ether oxygens (including phenoxy) is 1. The minimum atomic E-state index is 0.303. The summed E-state index contributed by atoms with van der Waals surface area (Å²) < 4.78 is 5.90. The van der Waals surface area contributed by atoms with Crippen LogP contribution >= 0.6 is 0 Å². The molecule has 0 saturated carbocycles. The second kappa shape index (κ2) is 8.15. The van der Waals surface area contributed by atoms with E-state index >= 15 is 0 Å². The standard InChI is InChI=1S/C16H27NO/c1-4-13(2)15-10-5-6-11-16(15)18-12-8-7-9-14(3)17/h5-6,10-11,13-14H,4,7-9,12,17H2,1-3H3. The molecule has 0 aliphatic rings. The molecule has 2 heteroatoms. The van der Waals surface area contributed by atoms with E-state index in [1.54, 1.807) is 0 Å². The number of benzene rings is 1. The molecule has 0 bridgehead atoms. The molecule has 18 heavy (non-hydrogen) atoms. The molecule has 0 aliphatic heterocycles. The van der Waals surface area contributed by atoms with Crippen molar-refractivity contribution in [3.8, 4) is 5.75 Å². The summed E-state index contributed by atoms with van der Waals surface area (Å²) in [7, 11) is 0. The van der Waals surface area contributed by atoms with E-state index in [0.29, 0.717) is 12.0 Å². The Labute approximate surface area is 112 Å². The Balaban J connectivity index is 2.42. The predicted molar refractivity (Wildman–Crippen MR) is 78.1 cm³/mol. The Hall–Kier alpha value is -1.02. The number of hydrogen-bond acceptors (Lipinski definition) is 2. The topological polar surface area (TPSA) is 35.2 Å². The number of rotatable bonds is 8. The van der Waals surface area contributed by atoms with E-state index in [1.165, 1.54) is 5.56 Å².